The number of benzene rings is 2. The Hall–Kier alpha value is -3.55. The molecule has 1 N–H and O–H groups in total. The van der Waals surface area contributed by atoms with E-state index in [1.54, 1.807) is 41.4 Å². The summed E-state index contributed by atoms with van der Waals surface area (Å²) in [5, 5.41) is 0. The number of nitrogens with one attached hydrogen (secondary N) is 1. The number of carbonyl (C=O) groups excluding carboxylic acids is 1. The third-order valence-electron chi connectivity index (χ3n) is 4.24. The third-order valence-corrected chi connectivity index (χ3v) is 4.24. The number of hydrogen-bond acceptors (Lipinski definition) is 4. The Balaban J connectivity index is 1.73. The lowest BCUT2D eigenvalue weighted by atomic mass is 9.97. The summed E-state index contributed by atoms with van der Waals surface area (Å²) in [7, 11) is 0. The highest BCUT2D eigenvalue weighted by atomic mass is 19.1. The van der Waals surface area contributed by atoms with Crippen LogP contribution >= 0.6 is 0 Å². The highest BCUT2D eigenvalue weighted by Crippen LogP contribution is 2.26. The van der Waals surface area contributed by atoms with Gasteiger partial charge in [-0.3, -0.25) is 19.1 Å². The first-order chi connectivity index (χ1) is 13.4. The summed E-state index contributed by atoms with van der Waals surface area (Å²) < 4.78 is 33.4. The summed E-state index contributed by atoms with van der Waals surface area (Å²) in [6, 6.07) is 13.4. The average molecular weight is 386 g/mol. The van der Waals surface area contributed by atoms with E-state index in [1.807, 2.05) is 6.07 Å². The Morgan fingerprint density at radius 3 is 2.50 bits per heavy atom. The number of H-pyrrole nitrogens is 1. The van der Waals surface area contributed by atoms with Crippen molar-refractivity contribution in [1.29, 1.82) is 0 Å². The first kappa shape index (κ1) is 19.2. The zero-order valence-electron chi connectivity index (χ0n) is 14.8. The Kier molecular flexibility index (Phi) is 5.49. The van der Waals surface area contributed by atoms with E-state index >= 15 is 0 Å². The molecule has 0 aliphatic carbocycles. The summed E-state index contributed by atoms with van der Waals surface area (Å²) in [6.07, 6.45) is 0.646. The van der Waals surface area contributed by atoms with E-state index in [4.69, 9.17) is 4.74 Å². The molecule has 1 unspecified atom stereocenters. The average Bonchev–Trinajstić information content (AvgIpc) is 2.69. The van der Waals surface area contributed by atoms with Gasteiger partial charge in [-0.1, -0.05) is 42.5 Å². The van der Waals surface area contributed by atoms with Gasteiger partial charge in [0.05, 0.1) is 12.1 Å². The number of nitrogens with zero attached hydrogens (tertiary/aromatic N) is 1. The fourth-order valence-corrected chi connectivity index (χ4v) is 2.63. The van der Waals surface area contributed by atoms with Crippen molar-refractivity contribution in [1.82, 2.24) is 9.55 Å². The first-order valence-corrected chi connectivity index (χ1v) is 8.37. The number of aromatic nitrogens is 2. The maximum atomic E-state index is 14.5. The van der Waals surface area contributed by atoms with Crippen molar-refractivity contribution >= 4 is 5.97 Å². The van der Waals surface area contributed by atoms with Gasteiger partial charge < -0.3 is 4.74 Å². The first-order valence-electron chi connectivity index (χ1n) is 8.37. The van der Waals surface area contributed by atoms with Crippen LogP contribution in [0.3, 0.4) is 0 Å². The normalized spacial score (nSPS) is 11.8. The van der Waals surface area contributed by atoms with E-state index in [9.17, 15) is 23.2 Å². The Labute approximate surface area is 158 Å². The second-order valence-corrected chi connectivity index (χ2v) is 6.13. The van der Waals surface area contributed by atoms with Crippen LogP contribution in [-0.2, 0) is 16.3 Å². The highest BCUT2D eigenvalue weighted by Gasteiger charge is 2.19. The zero-order valence-corrected chi connectivity index (χ0v) is 14.8. The molecule has 0 aliphatic heterocycles. The molecule has 1 heterocycles. The number of aromatic amines is 1. The summed E-state index contributed by atoms with van der Waals surface area (Å²) in [6.45, 7) is 0.940. The van der Waals surface area contributed by atoms with Crippen molar-refractivity contribution in [2.45, 2.75) is 19.6 Å². The van der Waals surface area contributed by atoms with Crippen LogP contribution in [-0.4, -0.2) is 15.5 Å². The fourth-order valence-electron chi connectivity index (χ4n) is 2.63. The fraction of sp³-hybridized carbons (Fsp3) is 0.150. The number of ether oxygens (including phenoxy) is 1. The van der Waals surface area contributed by atoms with E-state index in [0.29, 0.717) is 27.5 Å². The predicted octanol–water partition coefficient (Wildman–Crippen LogP) is 2.79. The van der Waals surface area contributed by atoms with Gasteiger partial charge in [0.25, 0.3) is 5.56 Å². The van der Waals surface area contributed by atoms with Gasteiger partial charge in [-0.25, -0.2) is 9.18 Å². The van der Waals surface area contributed by atoms with Gasteiger partial charge in [-0.2, -0.15) is 4.39 Å². The zero-order chi connectivity index (χ0) is 20.3. The molecule has 3 aromatic rings. The molecule has 1 atom stereocenters. The molecule has 0 spiro atoms. The molecule has 0 saturated heterocycles. The number of carbonyl (C=O) groups is 1. The maximum absolute atomic E-state index is 14.5. The SMILES string of the molecule is CC(C(=O)OCn1cc(F)c(=O)[nH]c1=O)c1ccc(-c2ccccc2)c(F)c1. The van der Waals surface area contributed by atoms with Gasteiger partial charge in [0, 0.05) is 5.56 Å². The molecule has 8 heteroatoms. The van der Waals surface area contributed by atoms with Crippen molar-refractivity contribution in [3.8, 4) is 11.1 Å². The highest BCUT2D eigenvalue weighted by molar-refractivity contribution is 5.78. The smallest absolute Gasteiger partial charge is 0.331 e. The minimum Gasteiger partial charge on any atom is -0.443 e. The number of rotatable bonds is 5. The molecular formula is C20H16F2N2O4. The van der Waals surface area contributed by atoms with E-state index in [-0.39, 0.29) is 0 Å². The molecule has 6 nitrogen and oxygen atoms in total. The van der Waals surface area contributed by atoms with Crippen LogP contribution in [0.2, 0.25) is 0 Å². The van der Waals surface area contributed by atoms with Gasteiger partial charge in [0.1, 0.15) is 5.82 Å². The van der Waals surface area contributed by atoms with E-state index in [2.05, 4.69) is 0 Å². The number of hydrogen-bond donors (Lipinski definition) is 1. The van der Waals surface area contributed by atoms with Crippen LogP contribution in [0.5, 0.6) is 0 Å². The third kappa shape index (κ3) is 4.06. The second kappa shape index (κ2) is 7.99. The molecule has 0 fully saturated rings. The van der Waals surface area contributed by atoms with Crippen LogP contribution in [0.4, 0.5) is 8.78 Å². The molecule has 0 saturated carbocycles. The molecule has 2 aromatic carbocycles. The van der Waals surface area contributed by atoms with Crippen LogP contribution in [0.25, 0.3) is 11.1 Å². The largest absolute Gasteiger partial charge is 0.443 e. The maximum Gasteiger partial charge on any atom is 0.331 e. The van der Waals surface area contributed by atoms with Crippen molar-refractivity contribution in [3.05, 3.63) is 92.8 Å². The van der Waals surface area contributed by atoms with Crippen LogP contribution in [0, 0.1) is 11.6 Å². The molecule has 1 aromatic heterocycles. The monoisotopic (exact) mass is 386 g/mol. The number of halogens is 2. The van der Waals surface area contributed by atoms with Gasteiger partial charge in [-0.15, -0.1) is 0 Å². The van der Waals surface area contributed by atoms with Crippen molar-refractivity contribution < 1.29 is 18.3 Å². The van der Waals surface area contributed by atoms with E-state index in [0.717, 1.165) is 0 Å². The van der Waals surface area contributed by atoms with Gasteiger partial charge >= 0.3 is 11.7 Å². The standard InChI is InChI=1S/C20H16F2N2O4/c1-12(19(26)28-11-24-10-17(22)18(25)23-20(24)27)14-7-8-15(16(21)9-14)13-5-3-2-4-6-13/h2-10,12H,11H2,1H3,(H,23,25,27). The lowest BCUT2D eigenvalue weighted by Gasteiger charge is -2.14. The molecule has 144 valence electrons. The van der Waals surface area contributed by atoms with Gasteiger partial charge in [-0.05, 0) is 24.1 Å². The molecule has 0 radical (unpaired) electrons. The molecule has 3 rings (SSSR count). The minimum atomic E-state index is -1.18. The molecular weight excluding hydrogens is 370 g/mol. The van der Waals surface area contributed by atoms with Crippen molar-refractivity contribution in [3.63, 3.8) is 0 Å². The van der Waals surface area contributed by atoms with Gasteiger partial charge in [0.15, 0.2) is 6.73 Å². The summed E-state index contributed by atoms with van der Waals surface area (Å²) in [5.41, 5.74) is -0.566. The molecule has 0 amide bonds. The van der Waals surface area contributed by atoms with Crippen molar-refractivity contribution in [2.75, 3.05) is 0 Å². The van der Waals surface area contributed by atoms with Gasteiger partial charge in [0.2, 0.25) is 5.82 Å². The Bertz CT molecular complexity index is 1120. The molecule has 0 aliphatic rings. The summed E-state index contributed by atoms with van der Waals surface area (Å²) >= 11 is 0. The summed E-state index contributed by atoms with van der Waals surface area (Å²) in [4.78, 5) is 36.5. The molecule has 28 heavy (non-hydrogen) atoms. The second-order valence-electron chi connectivity index (χ2n) is 6.13. The summed E-state index contributed by atoms with van der Waals surface area (Å²) in [5.74, 6) is -3.21. The number of esters is 1. The Morgan fingerprint density at radius 1 is 1.11 bits per heavy atom. The van der Waals surface area contributed by atoms with Crippen LogP contribution in [0.1, 0.15) is 18.4 Å². The van der Waals surface area contributed by atoms with Crippen molar-refractivity contribution in [2.24, 2.45) is 0 Å². The van der Waals surface area contributed by atoms with Crippen LogP contribution < -0.4 is 11.2 Å². The van der Waals surface area contributed by atoms with E-state index in [1.165, 1.54) is 13.0 Å². The van der Waals surface area contributed by atoms with Crippen LogP contribution in [0.15, 0.2) is 64.3 Å². The Morgan fingerprint density at radius 2 is 1.82 bits per heavy atom. The minimum absolute atomic E-state index is 0.391. The quantitative estimate of drug-likeness (QED) is 0.684. The molecule has 0 bridgehead atoms. The predicted molar refractivity (Wildman–Crippen MR) is 97.6 cm³/mol. The topological polar surface area (TPSA) is 81.2 Å². The van der Waals surface area contributed by atoms with E-state index < -0.39 is 41.5 Å². The lowest BCUT2D eigenvalue weighted by molar-refractivity contribution is -0.149. The lowest BCUT2D eigenvalue weighted by Crippen LogP contribution is -2.32.